The van der Waals surface area contributed by atoms with Crippen LogP contribution in [0.3, 0.4) is 0 Å². The van der Waals surface area contributed by atoms with Gasteiger partial charge in [0.2, 0.25) is 5.91 Å². The summed E-state index contributed by atoms with van der Waals surface area (Å²) in [6.07, 6.45) is 3.97. The Labute approximate surface area is 155 Å². The van der Waals surface area contributed by atoms with Gasteiger partial charge in [0.1, 0.15) is 5.75 Å². The summed E-state index contributed by atoms with van der Waals surface area (Å²) in [5.74, 6) is 0.801. The number of amides is 3. The number of ether oxygens (including phenoxy) is 1. The van der Waals surface area contributed by atoms with Crippen LogP contribution in [0.2, 0.25) is 0 Å². The Morgan fingerprint density at radius 2 is 2.00 bits per heavy atom. The summed E-state index contributed by atoms with van der Waals surface area (Å²) >= 11 is 0. The van der Waals surface area contributed by atoms with E-state index in [2.05, 4.69) is 10.6 Å². The second-order valence-corrected chi connectivity index (χ2v) is 7.50. The maximum atomic E-state index is 12.5. The van der Waals surface area contributed by atoms with Gasteiger partial charge < -0.3 is 20.3 Å². The number of piperidine rings is 1. The highest BCUT2D eigenvalue weighted by Crippen LogP contribution is 2.23. The van der Waals surface area contributed by atoms with Crippen molar-refractivity contribution >= 4 is 11.9 Å². The number of likely N-dealkylation sites (tertiary alicyclic amines) is 1. The molecule has 3 rings (SSSR count). The fourth-order valence-corrected chi connectivity index (χ4v) is 3.22. The molecule has 1 aliphatic heterocycles. The predicted octanol–water partition coefficient (Wildman–Crippen LogP) is 2.67. The molecule has 1 saturated carbocycles. The van der Waals surface area contributed by atoms with Gasteiger partial charge in [-0.1, -0.05) is 18.2 Å². The molecule has 1 atom stereocenters. The first-order valence-electron chi connectivity index (χ1n) is 9.60. The van der Waals surface area contributed by atoms with Gasteiger partial charge in [-0.05, 0) is 45.6 Å². The number of nitrogens with one attached hydrogen (secondary N) is 2. The number of benzene rings is 1. The summed E-state index contributed by atoms with van der Waals surface area (Å²) in [5, 5.41) is 6.02. The Kier molecular flexibility index (Phi) is 6.01. The molecule has 0 bridgehead atoms. The molecule has 1 heterocycles. The van der Waals surface area contributed by atoms with Crippen LogP contribution in [-0.2, 0) is 11.3 Å². The molecule has 0 unspecified atom stereocenters. The Bertz CT molecular complexity index is 643. The largest absolute Gasteiger partial charge is 0.491 e. The standard InChI is InChI=1S/C20H29N3O3/c1-14(2)26-18-8-4-3-6-15(18)12-21-20(25)23-11-5-7-16(13-23)19(24)22-17-9-10-17/h3-4,6,8,14,16-17H,5,7,9-13H2,1-2H3,(H,21,25)(H,22,24)/t16-/m1/s1. The van der Waals surface area contributed by atoms with Crippen molar-refractivity contribution in [2.75, 3.05) is 13.1 Å². The molecule has 0 radical (unpaired) electrons. The Hall–Kier alpha value is -2.24. The first kappa shape index (κ1) is 18.5. The average molecular weight is 359 g/mol. The smallest absolute Gasteiger partial charge is 0.317 e. The third-order valence-electron chi connectivity index (χ3n) is 4.77. The zero-order valence-electron chi connectivity index (χ0n) is 15.7. The summed E-state index contributed by atoms with van der Waals surface area (Å²) in [4.78, 5) is 26.6. The monoisotopic (exact) mass is 359 g/mol. The van der Waals surface area contributed by atoms with Crippen LogP contribution in [0.4, 0.5) is 4.79 Å². The van der Waals surface area contributed by atoms with E-state index in [4.69, 9.17) is 4.74 Å². The molecule has 0 spiro atoms. The van der Waals surface area contributed by atoms with Crippen LogP contribution in [0.5, 0.6) is 5.75 Å². The molecule has 0 aromatic heterocycles. The molecule has 142 valence electrons. The van der Waals surface area contributed by atoms with Gasteiger partial charge in [-0.2, -0.15) is 0 Å². The van der Waals surface area contributed by atoms with Crippen LogP contribution in [-0.4, -0.2) is 42.1 Å². The zero-order valence-corrected chi connectivity index (χ0v) is 15.7. The van der Waals surface area contributed by atoms with E-state index in [-0.39, 0.29) is 24.0 Å². The molecular weight excluding hydrogens is 330 g/mol. The SMILES string of the molecule is CC(C)Oc1ccccc1CNC(=O)N1CCC[C@@H](C(=O)NC2CC2)C1. The fraction of sp³-hybridized carbons (Fsp3) is 0.600. The van der Waals surface area contributed by atoms with E-state index in [1.807, 2.05) is 38.1 Å². The molecule has 2 aliphatic rings. The molecule has 2 N–H and O–H groups in total. The Morgan fingerprint density at radius 3 is 2.73 bits per heavy atom. The number of hydrogen-bond donors (Lipinski definition) is 2. The number of urea groups is 1. The van der Waals surface area contributed by atoms with E-state index in [0.717, 1.165) is 37.0 Å². The van der Waals surface area contributed by atoms with Crippen LogP contribution < -0.4 is 15.4 Å². The molecule has 1 aromatic rings. The zero-order chi connectivity index (χ0) is 18.5. The third kappa shape index (κ3) is 5.13. The van der Waals surface area contributed by atoms with Gasteiger partial charge in [-0.25, -0.2) is 4.79 Å². The second-order valence-electron chi connectivity index (χ2n) is 7.50. The maximum Gasteiger partial charge on any atom is 0.317 e. The summed E-state index contributed by atoms with van der Waals surface area (Å²) < 4.78 is 5.80. The van der Waals surface area contributed by atoms with E-state index in [9.17, 15) is 9.59 Å². The summed E-state index contributed by atoms with van der Waals surface area (Å²) in [5.41, 5.74) is 0.953. The number of rotatable bonds is 6. The van der Waals surface area contributed by atoms with Crippen molar-refractivity contribution in [3.05, 3.63) is 29.8 Å². The topological polar surface area (TPSA) is 70.7 Å². The third-order valence-corrected chi connectivity index (χ3v) is 4.77. The van der Waals surface area contributed by atoms with Crippen molar-refractivity contribution in [3.8, 4) is 5.75 Å². The highest BCUT2D eigenvalue weighted by Gasteiger charge is 2.31. The van der Waals surface area contributed by atoms with Gasteiger partial charge in [-0.15, -0.1) is 0 Å². The molecule has 2 fully saturated rings. The van der Waals surface area contributed by atoms with Crippen LogP contribution >= 0.6 is 0 Å². The number of nitrogens with zero attached hydrogens (tertiary/aromatic N) is 1. The van der Waals surface area contributed by atoms with Gasteiger partial charge >= 0.3 is 6.03 Å². The fourth-order valence-electron chi connectivity index (χ4n) is 3.22. The van der Waals surface area contributed by atoms with Crippen molar-refractivity contribution < 1.29 is 14.3 Å². The maximum absolute atomic E-state index is 12.5. The van der Waals surface area contributed by atoms with E-state index in [1.54, 1.807) is 4.90 Å². The lowest BCUT2D eigenvalue weighted by Gasteiger charge is -2.32. The molecule has 3 amide bonds. The van der Waals surface area contributed by atoms with E-state index in [1.165, 1.54) is 0 Å². The van der Waals surface area contributed by atoms with E-state index in [0.29, 0.717) is 25.7 Å². The number of carbonyl (C=O) groups excluding carboxylic acids is 2. The van der Waals surface area contributed by atoms with Crippen LogP contribution in [0.15, 0.2) is 24.3 Å². The lowest BCUT2D eigenvalue weighted by Crippen LogP contribution is -2.49. The van der Waals surface area contributed by atoms with Crippen LogP contribution in [0.1, 0.15) is 45.1 Å². The lowest BCUT2D eigenvalue weighted by atomic mass is 9.97. The summed E-state index contributed by atoms with van der Waals surface area (Å²) in [6, 6.07) is 7.99. The van der Waals surface area contributed by atoms with Crippen molar-refractivity contribution in [2.24, 2.45) is 5.92 Å². The van der Waals surface area contributed by atoms with E-state index < -0.39 is 0 Å². The van der Waals surface area contributed by atoms with Gasteiger partial charge in [0.05, 0.1) is 12.0 Å². The lowest BCUT2D eigenvalue weighted by molar-refractivity contribution is -0.126. The minimum Gasteiger partial charge on any atom is -0.491 e. The van der Waals surface area contributed by atoms with Crippen LogP contribution in [0.25, 0.3) is 0 Å². The van der Waals surface area contributed by atoms with Crippen molar-refractivity contribution in [1.82, 2.24) is 15.5 Å². The highest BCUT2D eigenvalue weighted by molar-refractivity contribution is 5.81. The number of para-hydroxylation sites is 1. The number of carbonyl (C=O) groups is 2. The minimum absolute atomic E-state index is 0.0830. The first-order chi connectivity index (χ1) is 12.5. The number of hydrogen-bond acceptors (Lipinski definition) is 3. The molecule has 1 saturated heterocycles. The average Bonchev–Trinajstić information content (AvgIpc) is 3.44. The van der Waals surface area contributed by atoms with Gasteiger partial charge in [0.25, 0.3) is 0 Å². The quantitative estimate of drug-likeness (QED) is 0.820. The molecule has 26 heavy (non-hydrogen) atoms. The van der Waals surface area contributed by atoms with E-state index >= 15 is 0 Å². The Balaban J connectivity index is 1.52. The van der Waals surface area contributed by atoms with Crippen molar-refractivity contribution in [2.45, 2.75) is 58.2 Å². The summed E-state index contributed by atoms with van der Waals surface area (Å²) in [7, 11) is 0. The van der Waals surface area contributed by atoms with Gasteiger partial charge in [-0.3, -0.25) is 4.79 Å². The normalized spacial score (nSPS) is 20.0. The van der Waals surface area contributed by atoms with Crippen molar-refractivity contribution in [3.63, 3.8) is 0 Å². The van der Waals surface area contributed by atoms with Gasteiger partial charge in [0, 0.05) is 31.2 Å². The second kappa shape index (κ2) is 8.43. The first-order valence-corrected chi connectivity index (χ1v) is 9.60. The molecule has 6 heteroatoms. The van der Waals surface area contributed by atoms with Crippen LogP contribution in [0, 0.1) is 5.92 Å². The Morgan fingerprint density at radius 1 is 1.23 bits per heavy atom. The summed E-state index contributed by atoms with van der Waals surface area (Å²) in [6.45, 7) is 5.57. The molecule has 1 aromatic carbocycles. The van der Waals surface area contributed by atoms with Crippen molar-refractivity contribution in [1.29, 1.82) is 0 Å². The molecular formula is C20H29N3O3. The molecule has 6 nitrogen and oxygen atoms in total. The predicted molar refractivity (Wildman–Crippen MR) is 99.9 cm³/mol. The minimum atomic E-state index is -0.117. The molecule has 1 aliphatic carbocycles. The highest BCUT2D eigenvalue weighted by atomic mass is 16.5. The van der Waals surface area contributed by atoms with Gasteiger partial charge in [0.15, 0.2) is 0 Å².